The second-order valence-electron chi connectivity index (χ2n) is 6.56. The Hall–Kier alpha value is -0.830. The van der Waals surface area contributed by atoms with E-state index in [9.17, 15) is 0 Å². The average Bonchev–Trinajstić information content (AvgIpc) is 3.09. The van der Waals surface area contributed by atoms with Gasteiger partial charge in [-0.25, -0.2) is 0 Å². The molecule has 3 heteroatoms. The summed E-state index contributed by atoms with van der Waals surface area (Å²) in [6, 6.07) is 0.706. The Morgan fingerprint density at radius 2 is 2.10 bits per heavy atom. The molecule has 0 aliphatic heterocycles. The predicted molar refractivity (Wildman–Crippen MR) is 80.6 cm³/mol. The second-order valence-corrected chi connectivity index (χ2v) is 6.56. The number of hydrogen-bond donors (Lipinski definition) is 1. The fourth-order valence-corrected chi connectivity index (χ4v) is 3.93. The molecule has 1 N–H and O–H groups in total. The number of nitrogens with one attached hydrogen (secondary N) is 1. The summed E-state index contributed by atoms with van der Waals surface area (Å²) in [5.41, 5.74) is 2.59. The highest BCUT2D eigenvalue weighted by molar-refractivity contribution is 5.25. The molecule has 112 valence electrons. The maximum atomic E-state index is 5.50. The van der Waals surface area contributed by atoms with Gasteiger partial charge in [-0.15, -0.1) is 0 Å². The number of nitrogens with zero attached hydrogens (tertiary/aromatic N) is 1. The van der Waals surface area contributed by atoms with Gasteiger partial charge < -0.3 is 9.84 Å². The Kier molecular flexibility index (Phi) is 4.77. The molecule has 2 atom stereocenters. The van der Waals surface area contributed by atoms with E-state index in [0.717, 1.165) is 24.6 Å². The van der Waals surface area contributed by atoms with Crippen LogP contribution in [0, 0.1) is 5.92 Å². The quantitative estimate of drug-likeness (QED) is 0.853. The third-order valence-electron chi connectivity index (χ3n) is 5.15. The van der Waals surface area contributed by atoms with E-state index >= 15 is 0 Å². The van der Waals surface area contributed by atoms with Crippen molar-refractivity contribution in [2.24, 2.45) is 5.92 Å². The summed E-state index contributed by atoms with van der Waals surface area (Å²) in [6.07, 6.45) is 13.0. The Labute approximate surface area is 122 Å². The molecule has 0 bridgehead atoms. The van der Waals surface area contributed by atoms with Gasteiger partial charge in [0.2, 0.25) is 0 Å². The molecule has 2 aliphatic carbocycles. The van der Waals surface area contributed by atoms with E-state index in [0.29, 0.717) is 6.04 Å². The van der Waals surface area contributed by atoms with Gasteiger partial charge in [-0.3, -0.25) is 0 Å². The standard InChI is InChI=1S/C17H28N2O/c1-2-3-7-13-8-6-10-15(13)18-12-16-14-9-4-5-11-17(14)20-19-16/h13,15,18H,2-12H2,1H3/t13-,15+/m0/s1. The molecule has 0 unspecified atom stereocenters. The molecule has 1 saturated carbocycles. The summed E-state index contributed by atoms with van der Waals surface area (Å²) in [5, 5.41) is 8.08. The summed E-state index contributed by atoms with van der Waals surface area (Å²) in [5.74, 6) is 2.04. The van der Waals surface area contributed by atoms with Gasteiger partial charge in [0, 0.05) is 24.6 Å². The Bertz CT molecular complexity index is 427. The van der Waals surface area contributed by atoms with E-state index in [1.165, 1.54) is 69.0 Å². The van der Waals surface area contributed by atoms with Crippen molar-refractivity contribution in [3.63, 3.8) is 0 Å². The fourth-order valence-electron chi connectivity index (χ4n) is 3.93. The summed E-state index contributed by atoms with van der Waals surface area (Å²) in [6.45, 7) is 3.20. The molecule has 0 radical (unpaired) electrons. The van der Waals surface area contributed by atoms with E-state index in [4.69, 9.17) is 4.52 Å². The van der Waals surface area contributed by atoms with Crippen molar-refractivity contribution in [3.8, 4) is 0 Å². The van der Waals surface area contributed by atoms with Crippen molar-refractivity contribution >= 4 is 0 Å². The number of aryl methyl sites for hydroxylation is 1. The van der Waals surface area contributed by atoms with Crippen LogP contribution < -0.4 is 5.32 Å². The lowest BCUT2D eigenvalue weighted by Crippen LogP contribution is -2.32. The molecule has 1 aromatic heterocycles. The van der Waals surface area contributed by atoms with E-state index in [1.54, 1.807) is 0 Å². The van der Waals surface area contributed by atoms with Gasteiger partial charge in [0.05, 0.1) is 0 Å². The van der Waals surface area contributed by atoms with Crippen molar-refractivity contribution in [2.45, 2.75) is 83.7 Å². The summed E-state index contributed by atoms with van der Waals surface area (Å²) in [7, 11) is 0. The first-order valence-corrected chi connectivity index (χ1v) is 8.58. The Morgan fingerprint density at radius 1 is 1.20 bits per heavy atom. The Balaban J connectivity index is 1.55. The molecule has 1 aromatic rings. The highest BCUT2D eigenvalue weighted by Crippen LogP contribution is 2.30. The van der Waals surface area contributed by atoms with Crippen molar-refractivity contribution in [3.05, 3.63) is 17.0 Å². The molecular weight excluding hydrogens is 248 g/mol. The highest BCUT2D eigenvalue weighted by atomic mass is 16.5. The lowest BCUT2D eigenvalue weighted by molar-refractivity contribution is 0.350. The number of unbranched alkanes of at least 4 members (excludes halogenated alkanes) is 1. The lowest BCUT2D eigenvalue weighted by Gasteiger charge is -2.20. The smallest absolute Gasteiger partial charge is 0.140 e. The molecule has 20 heavy (non-hydrogen) atoms. The molecule has 0 amide bonds. The van der Waals surface area contributed by atoms with Crippen LogP contribution in [0.2, 0.25) is 0 Å². The van der Waals surface area contributed by atoms with Crippen LogP contribution in [-0.2, 0) is 19.4 Å². The summed E-state index contributed by atoms with van der Waals surface area (Å²) >= 11 is 0. The number of hydrogen-bond acceptors (Lipinski definition) is 3. The van der Waals surface area contributed by atoms with Crippen LogP contribution in [0.3, 0.4) is 0 Å². The van der Waals surface area contributed by atoms with E-state index in [-0.39, 0.29) is 0 Å². The monoisotopic (exact) mass is 276 g/mol. The van der Waals surface area contributed by atoms with Gasteiger partial charge >= 0.3 is 0 Å². The first kappa shape index (κ1) is 14.1. The van der Waals surface area contributed by atoms with E-state index in [1.807, 2.05) is 0 Å². The largest absolute Gasteiger partial charge is 0.361 e. The van der Waals surface area contributed by atoms with Crippen molar-refractivity contribution in [1.29, 1.82) is 0 Å². The zero-order chi connectivity index (χ0) is 13.8. The average molecular weight is 276 g/mol. The van der Waals surface area contributed by atoms with Gasteiger partial charge in [0.1, 0.15) is 11.5 Å². The van der Waals surface area contributed by atoms with Gasteiger partial charge in [-0.2, -0.15) is 0 Å². The minimum absolute atomic E-state index is 0.706. The molecule has 3 nitrogen and oxygen atoms in total. The summed E-state index contributed by atoms with van der Waals surface area (Å²) in [4.78, 5) is 0. The van der Waals surface area contributed by atoms with Gasteiger partial charge in [-0.1, -0.05) is 31.3 Å². The van der Waals surface area contributed by atoms with Crippen molar-refractivity contribution in [2.75, 3.05) is 0 Å². The van der Waals surface area contributed by atoms with Crippen LogP contribution in [0.5, 0.6) is 0 Å². The molecule has 1 heterocycles. The van der Waals surface area contributed by atoms with Crippen molar-refractivity contribution < 1.29 is 4.52 Å². The van der Waals surface area contributed by atoms with Crippen LogP contribution in [0.1, 0.15) is 75.3 Å². The molecule has 1 fully saturated rings. The maximum absolute atomic E-state index is 5.50. The molecule has 2 aliphatic rings. The third kappa shape index (κ3) is 3.08. The topological polar surface area (TPSA) is 38.1 Å². The highest BCUT2D eigenvalue weighted by Gasteiger charge is 2.27. The molecule has 0 saturated heterocycles. The van der Waals surface area contributed by atoms with Gasteiger partial charge in [0.15, 0.2) is 0 Å². The fraction of sp³-hybridized carbons (Fsp3) is 0.824. The first-order chi connectivity index (χ1) is 9.88. The van der Waals surface area contributed by atoms with Gasteiger partial charge in [-0.05, 0) is 44.4 Å². The first-order valence-electron chi connectivity index (χ1n) is 8.58. The molecule has 0 spiro atoms. The van der Waals surface area contributed by atoms with Crippen LogP contribution in [-0.4, -0.2) is 11.2 Å². The van der Waals surface area contributed by atoms with E-state index in [2.05, 4.69) is 17.4 Å². The zero-order valence-electron chi connectivity index (χ0n) is 12.8. The lowest BCUT2D eigenvalue weighted by atomic mass is 9.95. The number of rotatable bonds is 6. The Morgan fingerprint density at radius 3 is 3.00 bits per heavy atom. The minimum Gasteiger partial charge on any atom is -0.361 e. The molecule has 3 rings (SSSR count). The maximum Gasteiger partial charge on any atom is 0.140 e. The summed E-state index contributed by atoms with van der Waals surface area (Å²) < 4.78 is 5.50. The third-order valence-corrected chi connectivity index (χ3v) is 5.15. The molecule has 0 aromatic carbocycles. The normalized spacial score (nSPS) is 25.9. The van der Waals surface area contributed by atoms with Crippen LogP contribution in [0.15, 0.2) is 4.52 Å². The van der Waals surface area contributed by atoms with Crippen molar-refractivity contribution in [1.82, 2.24) is 10.5 Å². The van der Waals surface area contributed by atoms with E-state index < -0.39 is 0 Å². The zero-order valence-corrected chi connectivity index (χ0v) is 12.8. The van der Waals surface area contributed by atoms with Crippen LogP contribution in [0.4, 0.5) is 0 Å². The van der Waals surface area contributed by atoms with Crippen LogP contribution >= 0.6 is 0 Å². The second kappa shape index (κ2) is 6.75. The number of fused-ring (bicyclic) bond motifs is 1. The predicted octanol–water partition coefficient (Wildman–Crippen LogP) is 4.00. The minimum atomic E-state index is 0.706. The SMILES string of the molecule is CCCC[C@H]1CCC[C@H]1NCc1noc2c1CCCC2. The molecular formula is C17H28N2O. The van der Waals surface area contributed by atoms with Crippen LogP contribution in [0.25, 0.3) is 0 Å². The number of aromatic nitrogens is 1. The van der Waals surface area contributed by atoms with Gasteiger partial charge in [0.25, 0.3) is 0 Å².